The van der Waals surface area contributed by atoms with E-state index in [9.17, 15) is 23.3 Å². The van der Waals surface area contributed by atoms with Crippen molar-refractivity contribution in [1.82, 2.24) is 0 Å². The van der Waals surface area contributed by atoms with Gasteiger partial charge in [0.25, 0.3) is 0 Å². The minimum Gasteiger partial charge on any atom is -0.393 e. The van der Waals surface area contributed by atoms with Crippen molar-refractivity contribution in [2.24, 2.45) is 11.8 Å². The number of halogens is 3. The molecule has 2 aromatic rings. The Kier molecular flexibility index (Phi) is 5.96. The number of aryl methyl sites for hydroxylation is 1. The molecule has 0 aliphatic heterocycles. The second-order valence-electron chi connectivity index (χ2n) is 7.70. The highest BCUT2D eigenvalue weighted by atomic mass is 19.4. The zero-order valence-electron chi connectivity index (χ0n) is 16.1. The number of hydrogen-bond acceptors (Lipinski definition) is 3. The monoisotopic (exact) mass is 404 g/mol. The molecule has 0 aromatic heterocycles. The van der Waals surface area contributed by atoms with Crippen molar-refractivity contribution < 1.29 is 18.1 Å². The van der Waals surface area contributed by atoms with Crippen molar-refractivity contribution in [2.45, 2.75) is 38.8 Å². The highest BCUT2D eigenvalue weighted by Crippen LogP contribution is 2.44. The molecule has 0 unspecified atom stereocenters. The van der Waals surface area contributed by atoms with Crippen LogP contribution in [-0.2, 0) is 12.6 Å². The molecule has 0 saturated carbocycles. The van der Waals surface area contributed by atoms with Gasteiger partial charge < -0.3 is 5.73 Å². The number of allylic oxidation sites excluding steroid dienone is 2. The quantitative estimate of drug-likeness (QED) is 0.363. The Bertz CT molecular complexity index is 924. The SMILES string of the molecule is C[C@@H]1CC(c2ccc(C(F)(F)F)c([N+](=O)[O-])c2N)=C[C@H](CCc2ccccc2)C1. The lowest BCUT2D eigenvalue weighted by molar-refractivity contribution is -0.387. The van der Waals surface area contributed by atoms with Gasteiger partial charge in [-0.15, -0.1) is 0 Å². The summed E-state index contributed by atoms with van der Waals surface area (Å²) in [6.45, 7) is 2.08. The molecule has 0 heterocycles. The van der Waals surface area contributed by atoms with Crippen molar-refractivity contribution >= 4 is 16.9 Å². The van der Waals surface area contributed by atoms with E-state index in [1.807, 2.05) is 24.3 Å². The fraction of sp³-hybridized carbons (Fsp3) is 0.364. The summed E-state index contributed by atoms with van der Waals surface area (Å²) >= 11 is 0. The van der Waals surface area contributed by atoms with Crippen LogP contribution in [0.5, 0.6) is 0 Å². The van der Waals surface area contributed by atoms with E-state index < -0.39 is 28.0 Å². The highest BCUT2D eigenvalue weighted by Gasteiger charge is 2.40. The van der Waals surface area contributed by atoms with Gasteiger partial charge in [-0.05, 0) is 54.7 Å². The van der Waals surface area contributed by atoms with Crippen LogP contribution < -0.4 is 5.73 Å². The number of alkyl halides is 3. The van der Waals surface area contributed by atoms with Crippen molar-refractivity contribution in [2.75, 3.05) is 5.73 Å². The predicted octanol–water partition coefficient (Wildman–Crippen LogP) is 6.26. The summed E-state index contributed by atoms with van der Waals surface area (Å²) in [4.78, 5) is 10.3. The Morgan fingerprint density at radius 3 is 2.48 bits per heavy atom. The molecule has 154 valence electrons. The standard InChI is InChI=1S/C22H23F3N2O2/c1-14-11-16(8-7-15-5-3-2-4-6-15)13-17(12-14)18-9-10-19(22(23,24)25)21(20(18)26)27(28)29/h2-6,9-10,13-14,16H,7-8,11-12,26H2,1H3/t14-,16+/m0/s1. The molecule has 0 saturated heterocycles. The number of nitro benzene ring substituents is 1. The van der Waals surface area contributed by atoms with Gasteiger partial charge in [0.05, 0.1) is 4.92 Å². The third-order valence-corrected chi connectivity index (χ3v) is 5.41. The lowest BCUT2D eigenvalue weighted by atomic mass is 9.78. The maximum Gasteiger partial charge on any atom is 0.423 e. The third kappa shape index (κ3) is 4.78. The third-order valence-electron chi connectivity index (χ3n) is 5.41. The second-order valence-corrected chi connectivity index (χ2v) is 7.70. The number of benzene rings is 2. The first-order chi connectivity index (χ1) is 13.7. The Balaban J connectivity index is 1.92. The first-order valence-electron chi connectivity index (χ1n) is 9.56. The summed E-state index contributed by atoms with van der Waals surface area (Å²) in [6, 6.07) is 12.1. The minimum atomic E-state index is -4.83. The maximum absolute atomic E-state index is 13.2. The fourth-order valence-corrected chi connectivity index (χ4v) is 4.11. The highest BCUT2D eigenvalue weighted by molar-refractivity contribution is 5.82. The Hall–Kier alpha value is -2.83. The number of nitrogens with zero attached hydrogens (tertiary/aromatic N) is 1. The zero-order chi connectivity index (χ0) is 21.2. The lowest BCUT2D eigenvalue weighted by Gasteiger charge is -2.27. The van der Waals surface area contributed by atoms with Gasteiger partial charge in [-0.25, -0.2) is 0 Å². The molecule has 1 aliphatic carbocycles. The van der Waals surface area contributed by atoms with Gasteiger partial charge in [-0.1, -0.05) is 49.4 Å². The van der Waals surface area contributed by atoms with E-state index >= 15 is 0 Å². The van der Waals surface area contributed by atoms with E-state index in [1.165, 1.54) is 11.6 Å². The molecule has 3 rings (SSSR count). The molecule has 1 aliphatic rings. The van der Waals surface area contributed by atoms with Crippen LogP contribution in [0.3, 0.4) is 0 Å². The Morgan fingerprint density at radius 1 is 1.17 bits per heavy atom. The molecular weight excluding hydrogens is 381 g/mol. The molecule has 0 amide bonds. The molecule has 0 bridgehead atoms. The maximum atomic E-state index is 13.2. The van der Waals surface area contributed by atoms with Gasteiger partial charge in [0.1, 0.15) is 11.3 Å². The van der Waals surface area contributed by atoms with Gasteiger partial charge >= 0.3 is 11.9 Å². The van der Waals surface area contributed by atoms with Gasteiger partial charge in [0.15, 0.2) is 0 Å². The molecule has 0 fully saturated rings. The number of nitrogens with two attached hydrogens (primary N) is 1. The summed E-state index contributed by atoms with van der Waals surface area (Å²) in [7, 11) is 0. The van der Waals surface area contributed by atoms with Crippen molar-refractivity contribution in [3.05, 3.63) is 75.3 Å². The van der Waals surface area contributed by atoms with Crippen molar-refractivity contribution in [3.8, 4) is 0 Å². The first-order valence-corrected chi connectivity index (χ1v) is 9.56. The van der Waals surface area contributed by atoms with E-state index in [0.29, 0.717) is 17.9 Å². The summed E-state index contributed by atoms with van der Waals surface area (Å²) in [5, 5.41) is 11.3. The largest absolute Gasteiger partial charge is 0.423 e. The summed E-state index contributed by atoms with van der Waals surface area (Å²) in [5.41, 5.74) is 5.45. The van der Waals surface area contributed by atoms with Crippen LogP contribution in [0.15, 0.2) is 48.5 Å². The van der Waals surface area contributed by atoms with Gasteiger partial charge in [-0.2, -0.15) is 13.2 Å². The number of anilines is 1. The first kappa shape index (κ1) is 20.9. The summed E-state index contributed by atoms with van der Waals surface area (Å²) < 4.78 is 39.5. The van der Waals surface area contributed by atoms with Gasteiger partial charge in [0, 0.05) is 5.56 Å². The van der Waals surface area contributed by atoms with E-state index in [2.05, 4.69) is 19.1 Å². The number of nitrogen functional groups attached to an aromatic ring is 1. The van der Waals surface area contributed by atoms with Crippen LogP contribution >= 0.6 is 0 Å². The van der Waals surface area contributed by atoms with Crippen LogP contribution in [0, 0.1) is 22.0 Å². The van der Waals surface area contributed by atoms with Crippen LogP contribution in [0.25, 0.3) is 5.57 Å². The fourth-order valence-electron chi connectivity index (χ4n) is 4.11. The lowest BCUT2D eigenvalue weighted by Crippen LogP contribution is -2.15. The second kappa shape index (κ2) is 8.27. The predicted molar refractivity (Wildman–Crippen MR) is 107 cm³/mol. The van der Waals surface area contributed by atoms with Crippen LogP contribution in [0.2, 0.25) is 0 Å². The van der Waals surface area contributed by atoms with Crippen LogP contribution in [-0.4, -0.2) is 4.92 Å². The van der Waals surface area contributed by atoms with Gasteiger partial charge in [0.2, 0.25) is 0 Å². The Labute approximate surface area is 167 Å². The number of rotatable bonds is 5. The molecule has 0 spiro atoms. The van der Waals surface area contributed by atoms with E-state index in [4.69, 9.17) is 5.73 Å². The molecule has 4 nitrogen and oxygen atoms in total. The van der Waals surface area contributed by atoms with Gasteiger partial charge in [-0.3, -0.25) is 10.1 Å². The van der Waals surface area contributed by atoms with Crippen LogP contribution in [0.4, 0.5) is 24.5 Å². The zero-order valence-corrected chi connectivity index (χ0v) is 16.1. The number of nitro groups is 1. The molecular formula is C22H23F3N2O2. The van der Waals surface area contributed by atoms with Crippen molar-refractivity contribution in [1.29, 1.82) is 0 Å². The average molecular weight is 404 g/mol. The molecule has 29 heavy (non-hydrogen) atoms. The molecule has 2 atom stereocenters. The Morgan fingerprint density at radius 2 is 1.86 bits per heavy atom. The molecule has 2 aromatic carbocycles. The minimum absolute atomic E-state index is 0.245. The molecule has 0 radical (unpaired) electrons. The summed E-state index contributed by atoms with van der Waals surface area (Å²) in [6.07, 6.45) is 0.603. The topological polar surface area (TPSA) is 69.2 Å². The smallest absolute Gasteiger partial charge is 0.393 e. The average Bonchev–Trinajstić information content (AvgIpc) is 2.65. The van der Waals surface area contributed by atoms with Crippen LogP contribution in [0.1, 0.15) is 42.9 Å². The van der Waals surface area contributed by atoms with E-state index in [-0.39, 0.29) is 5.92 Å². The number of hydrogen-bond donors (Lipinski definition) is 1. The van der Waals surface area contributed by atoms with E-state index in [0.717, 1.165) is 30.9 Å². The molecule has 2 N–H and O–H groups in total. The molecule has 7 heteroatoms. The van der Waals surface area contributed by atoms with E-state index in [1.54, 1.807) is 0 Å². The van der Waals surface area contributed by atoms with Crippen molar-refractivity contribution in [3.63, 3.8) is 0 Å². The normalized spacial score (nSPS) is 19.7. The summed E-state index contributed by atoms with van der Waals surface area (Å²) in [5.74, 6) is 0.561.